The fourth-order valence-electron chi connectivity index (χ4n) is 2.30. The van der Waals surface area contributed by atoms with Gasteiger partial charge in [0.15, 0.2) is 5.78 Å². The Labute approximate surface area is 115 Å². The van der Waals surface area contributed by atoms with Crippen molar-refractivity contribution in [1.29, 1.82) is 0 Å². The number of Topliss-reactive ketones (excluding diaryl/α,β-unsaturated/α-hetero) is 1. The minimum Gasteiger partial charge on any atom is -0.294 e. The molecule has 0 atom stereocenters. The largest absolute Gasteiger partial charge is 0.294 e. The van der Waals surface area contributed by atoms with Gasteiger partial charge in [-0.15, -0.1) is 0 Å². The van der Waals surface area contributed by atoms with E-state index < -0.39 is 0 Å². The van der Waals surface area contributed by atoms with Gasteiger partial charge in [-0.05, 0) is 49.4 Å². The predicted molar refractivity (Wildman–Crippen MR) is 79.7 cm³/mol. The minimum atomic E-state index is 0.240. The Hall–Kier alpha value is -1.89. The van der Waals surface area contributed by atoms with Crippen LogP contribution in [0.2, 0.25) is 0 Å². The molecule has 2 aromatic rings. The summed E-state index contributed by atoms with van der Waals surface area (Å²) in [6.07, 6.45) is 1.39. The molecule has 2 aromatic carbocycles. The van der Waals surface area contributed by atoms with E-state index in [1.54, 1.807) is 0 Å². The third-order valence-electron chi connectivity index (χ3n) is 3.84. The fraction of sp³-hybridized carbons (Fsp3) is 0.278. The molecule has 19 heavy (non-hydrogen) atoms. The van der Waals surface area contributed by atoms with Gasteiger partial charge in [0, 0.05) is 12.0 Å². The van der Waals surface area contributed by atoms with Crippen molar-refractivity contribution in [3.05, 3.63) is 70.3 Å². The molecular weight excluding hydrogens is 232 g/mol. The Kier molecular flexibility index (Phi) is 4.16. The van der Waals surface area contributed by atoms with Gasteiger partial charge < -0.3 is 0 Å². The normalized spacial score (nSPS) is 10.5. The summed E-state index contributed by atoms with van der Waals surface area (Å²) in [7, 11) is 0. The van der Waals surface area contributed by atoms with Crippen molar-refractivity contribution in [2.75, 3.05) is 0 Å². The predicted octanol–water partition coefficient (Wildman–Crippen LogP) is 4.43. The Morgan fingerprint density at radius 2 is 1.58 bits per heavy atom. The van der Waals surface area contributed by atoms with E-state index in [2.05, 4.69) is 26.0 Å². The monoisotopic (exact) mass is 252 g/mol. The van der Waals surface area contributed by atoms with Crippen LogP contribution < -0.4 is 0 Å². The molecule has 0 aliphatic heterocycles. The molecule has 0 N–H and O–H groups in total. The molecule has 0 fully saturated rings. The number of benzene rings is 2. The third kappa shape index (κ3) is 3.11. The molecule has 0 saturated heterocycles. The molecule has 0 radical (unpaired) electrons. The van der Waals surface area contributed by atoms with Gasteiger partial charge in [-0.25, -0.2) is 0 Å². The standard InChI is InChI=1S/C18H20O/c1-13-9-11-17(15(3)14(13)2)18(19)12-10-16-7-5-4-6-8-16/h4-9,11H,10,12H2,1-3H3. The van der Waals surface area contributed by atoms with Gasteiger partial charge in [0.2, 0.25) is 0 Å². The summed E-state index contributed by atoms with van der Waals surface area (Å²) in [6.45, 7) is 6.21. The van der Waals surface area contributed by atoms with E-state index in [-0.39, 0.29) is 5.78 Å². The first kappa shape index (κ1) is 13.5. The molecule has 0 unspecified atom stereocenters. The minimum absolute atomic E-state index is 0.240. The highest BCUT2D eigenvalue weighted by Crippen LogP contribution is 2.19. The molecule has 0 aromatic heterocycles. The number of rotatable bonds is 4. The van der Waals surface area contributed by atoms with Crippen LogP contribution in [0, 0.1) is 20.8 Å². The first-order valence-electron chi connectivity index (χ1n) is 6.73. The second-order valence-electron chi connectivity index (χ2n) is 5.09. The summed E-state index contributed by atoms with van der Waals surface area (Å²) in [4.78, 5) is 12.3. The van der Waals surface area contributed by atoms with Gasteiger partial charge in [-0.3, -0.25) is 4.79 Å². The van der Waals surface area contributed by atoms with Crippen LogP contribution in [-0.2, 0) is 6.42 Å². The number of hydrogen-bond acceptors (Lipinski definition) is 1. The van der Waals surface area contributed by atoms with Crippen molar-refractivity contribution in [2.45, 2.75) is 33.6 Å². The average molecular weight is 252 g/mol. The van der Waals surface area contributed by atoms with E-state index in [1.807, 2.05) is 37.3 Å². The molecule has 0 heterocycles. The van der Waals surface area contributed by atoms with E-state index in [9.17, 15) is 4.79 Å². The van der Waals surface area contributed by atoms with Gasteiger partial charge in [0.1, 0.15) is 0 Å². The number of ketones is 1. The third-order valence-corrected chi connectivity index (χ3v) is 3.84. The first-order valence-corrected chi connectivity index (χ1v) is 6.73. The molecule has 0 aliphatic carbocycles. The van der Waals surface area contributed by atoms with Gasteiger partial charge in [0.05, 0.1) is 0 Å². The molecular formula is C18H20O. The lowest BCUT2D eigenvalue weighted by atomic mass is 9.94. The number of aryl methyl sites for hydroxylation is 2. The van der Waals surface area contributed by atoms with Crippen LogP contribution in [0.5, 0.6) is 0 Å². The SMILES string of the molecule is Cc1ccc(C(=O)CCc2ccccc2)c(C)c1C. The van der Waals surface area contributed by atoms with E-state index in [1.165, 1.54) is 16.7 Å². The maximum Gasteiger partial charge on any atom is 0.163 e. The van der Waals surface area contributed by atoms with Crippen LogP contribution in [0.25, 0.3) is 0 Å². The van der Waals surface area contributed by atoms with Gasteiger partial charge >= 0.3 is 0 Å². The smallest absolute Gasteiger partial charge is 0.163 e. The summed E-state index contributed by atoms with van der Waals surface area (Å²) in [5, 5.41) is 0. The van der Waals surface area contributed by atoms with Crippen LogP contribution in [0.1, 0.15) is 39.0 Å². The van der Waals surface area contributed by atoms with Crippen LogP contribution in [0.3, 0.4) is 0 Å². The van der Waals surface area contributed by atoms with Crippen molar-refractivity contribution >= 4 is 5.78 Å². The summed E-state index contributed by atoms with van der Waals surface area (Å²) in [5.41, 5.74) is 5.69. The number of carbonyl (C=O) groups excluding carboxylic acids is 1. The van der Waals surface area contributed by atoms with E-state index in [0.29, 0.717) is 6.42 Å². The molecule has 0 saturated carbocycles. The topological polar surface area (TPSA) is 17.1 Å². The molecule has 0 amide bonds. The Bertz CT molecular complexity index is 582. The lowest BCUT2D eigenvalue weighted by Crippen LogP contribution is -2.05. The van der Waals surface area contributed by atoms with Crippen molar-refractivity contribution in [2.24, 2.45) is 0 Å². The van der Waals surface area contributed by atoms with Crippen LogP contribution in [-0.4, -0.2) is 5.78 Å². The van der Waals surface area contributed by atoms with Crippen molar-refractivity contribution in [3.63, 3.8) is 0 Å². The molecule has 1 heteroatoms. The lowest BCUT2D eigenvalue weighted by molar-refractivity contribution is 0.0982. The van der Waals surface area contributed by atoms with Gasteiger partial charge in [-0.1, -0.05) is 42.5 Å². The second kappa shape index (κ2) is 5.83. The highest BCUT2D eigenvalue weighted by atomic mass is 16.1. The highest BCUT2D eigenvalue weighted by molar-refractivity contribution is 5.97. The number of carbonyl (C=O) groups is 1. The summed E-state index contributed by atoms with van der Waals surface area (Å²) in [6, 6.07) is 14.2. The molecule has 0 bridgehead atoms. The summed E-state index contributed by atoms with van der Waals surface area (Å²) >= 11 is 0. The molecule has 2 rings (SSSR count). The van der Waals surface area contributed by atoms with Gasteiger partial charge in [-0.2, -0.15) is 0 Å². The van der Waals surface area contributed by atoms with E-state index in [0.717, 1.165) is 17.5 Å². The fourth-order valence-corrected chi connectivity index (χ4v) is 2.30. The molecule has 98 valence electrons. The maximum atomic E-state index is 12.3. The van der Waals surface area contributed by atoms with Crippen molar-refractivity contribution in [3.8, 4) is 0 Å². The second-order valence-corrected chi connectivity index (χ2v) is 5.09. The molecule has 0 spiro atoms. The van der Waals surface area contributed by atoms with Gasteiger partial charge in [0.25, 0.3) is 0 Å². The highest BCUT2D eigenvalue weighted by Gasteiger charge is 2.11. The Morgan fingerprint density at radius 3 is 2.26 bits per heavy atom. The quantitative estimate of drug-likeness (QED) is 0.736. The van der Waals surface area contributed by atoms with E-state index in [4.69, 9.17) is 0 Å². The Balaban J connectivity index is 2.11. The van der Waals surface area contributed by atoms with E-state index >= 15 is 0 Å². The lowest BCUT2D eigenvalue weighted by Gasteiger charge is -2.10. The first-order chi connectivity index (χ1) is 9.09. The van der Waals surface area contributed by atoms with Crippen LogP contribution in [0.15, 0.2) is 42.5 Å². The summed E-state index contributed by atoms with van der Waals surface area (Å²) in [5.74, 6) is 0.240. The zero-order valence-corrected chi connectivity index (χ0v) is 11.9. The average Bonchev–Trinajstić information content (AvgIpc) is 2.43. The van der Waals surface area contributed by atoms with Crippen molar-refractivity contribution < 1.29 is 4.79 Å². The molecule has 0 aliphatic rings. The van der Waals surface area contributed by atoms with Crippen LogP contribution in [0.4, 0.5) is 0 Å². The maximum absolute atomic E-state index is 12.3. The van der Waals surface area contributed by atoms with Crippen molar-refractivity contribution in [1.82, 2.24) is 0 Å². The van der Waals surface area contributed by atoms with Crippen LogP contribution >= 0.6 is 0 Å². The number of hydrogen-bond donors (Lipinski definition) is 0. The zero-order valence-electron chi connectivity index (χ0n) is 11.9. The molecule has 1 nitrogen and oxygen atoms in total. The zero-order chi connectivity index (χ0) is 13.8. The Morgan fingerprint density at radius 1 is 0.895 bits per heavy atom. The summed E-state index contributed by atoms with van der Waals surface area (Å²) < 4.78 is 0.